The van der Waals surface area contributed by atoms with Crippen molar-refractivity contribution < 1.29 is 18.7 Å². The third-order valence-electron chi connectivity index (χ3n) is 2.34. The molecule has 1 aromatic heterocycles. The molecule has 0 radical (unpaired) electrons. The van der Waals surface area contributed by atoms with E-state index < -0.39 is 11.6 Å². The Morgan fingerprint density at radius 1 is 1.52 bits per heavy atom. The van der Waals surface area contributed by atoms with E-state index >= 15 is 0 Å². The summed E-state index contributed by atoms with van der Waals surface area (Å²) in [5, 5.41) is 6.74. The first-order valence-corrected chi connectivity index (χ1v) is 6.27. The zero-order chi connectivity index (χ0) is 16.0. The fraction of sp³-hybridized carbons (Fsp3) is 0.462. The van der Waals surface area contributed by atoms with Gasteiger partial charge in [-0.1, -0.05) is 0 Å². The van der Waals surface area contributed by atoms with Crippen molar-refractivity contribution in [2.75, 3.05) is 6.61 Å². The molecular weight excluding hydrogens is 279 g/mol. The molecule has 1 heterocycles. The Morgan fingerprint density at radius 2 is 2.19 bits per heavy atom. The molecule has 0 aromatic carbocycles. The van der Waals surface area contributed by atoms with Crippen molar-refractivity contribution in [2.45, 2.75) is 32.9 Å². The quantitative estimate of drug-likeness (QED) is 0.857. The predicted octanol–water partition coefficient (Wildman–Crippen LogP) is 1.36. The molecule has 1 rings (SSSR count). The van der Waals surface area contributed by atoms with Gasteiger partial charge in [0.2, 0.25) is 0 Å². The van der Waals surface area contributed by atoms with E-state index in [1.165, 1.54) is 16.9 Å². The molecule has 116 valence electrons. The third-order valence-corrected chi connectivity index (χ3v) is 2.34. The lowest BCUT2D eigenvalue weighted by molar-refractivity contribution is 0.0908. The van der Waals surface area contributed by atoms with Crippen LogP contribution in [-0.2, 0) is 11.3 Å². The molecule has 3 N–H and O–H groups in total. The lowest BCUT2D eigenvalue weighted by atomic mass is 10.1. The Bertz CT molecular complexity index is 546. The fourth-order valence-corrected chi connectivity index (χ4v) is 1.52. The van der Waals surface area contributed by atoms with Crippen LogP contribution in [0.1, 0.15) is 31.3 Å². The lowest BCUT2D eigenvalue weighted by Crippen LogP contribution is -2.41. The minimum absolute atomic E-state index is 0.0241. The summed E-state index contributed by atoms with van der Waals surface area (Å²) in [4.78, 5) is 22.6. The second-order valence-corrected chi connectivity index (χ2v) is 5.45. The molecule has 0 fully saturated rings. The SMILES string of the molecule is CC(C)(C)NC(=O)c1ccnn1CC(=CF)COC(N)=O. The molecule has 2 amide bonds. The van der Waals surface area contributed by atoms with Gasteiger partial charge in [0.25, 0.3) is 5.91 Å². The summed E-state index contributed by atoms with van der Waals surface area (Å²) < 4.78 is 18.6. The highest BCUT2D eigenvalue weighted by molar-refractivity contribution is 5.92. The Morgan fingerprint density at radius 3 is 2.71 bits per heavy atom. The third kappa shape index (κ3) is 5.64. The highest BCUT2D eigenvalue weighted by Crippen LogP contribution is 2.08. The van der Waals surface area contributed by atoms with Crippen molar-refractivity contribution in [3.63, 3.8) is 0 Å². The molecule has 0 aliphatic heterocycles. The molecule has 0 atom stereocenters. The largest absolute Gasteiger partial charge is 0.445 e. The van der Waals surface area contributed by atoms with Crippen molar-refractivity contribution >= 4 is 12.0 Å². The van der Waals surface area contributed by atoms with E-state index in [9.17, 15) is 14.0 Å². The predicted molar refractivity (Wildman–Crippen MR) is 74.2 cm³/mol. The average molecular weight is 298 g/mol. The smallest absolute Gasteiger partial charge is 0.404 e. The second kappa shape index (κ2) is 6.87. The Balaban J connectivity index is 2.79. The van der Waals surface area contributed by atoms with E-state index in [4.69, 9.17) is 5.73 Å². The van der Waals surface area contributed by atoms with Gasteiger partial charge >= 0.3 is 6.09 Å². The highest BCUT2D eigenvalue weighted by atomic mass is 19.1. The number of hydrogen-bond donors (Lipinski definition) is 2. The first-order valence-electron chi connectivity index (χ1n) is 6.27. The maximum Gasteiger partial charge on any atom is 0.404 e. The summed E-state index contributed by atoms with van der Waals surface area (Å²) in [6, 6.07) is 1.52. The van der Waals surface area contributed by atoms with E-state index in [1.807, 2.05) is 20.8 Å². The average Bonchev–Trinajstić information content (AvgIpc) is 2.80. The number of aromatic nitrogens is 2. The van der Waals surface area contributed by atoms with Crippen LogP contribution in [0.5, 0.6) is 0 Å². The van der Waals surface area contributed by atoms with Crippen LogP contribution in [0, 0.1) is 0 Å². The number of rotatable bonds is 5. The van der Waals surface area contributed by atoms with Gasteiger partial charge in [0.15, 0.2) is 0 Å². The number of nitrogens with two attached hydrogens (primary N) is 1. The number of primary amides is 1. The van der Waals surface area contributed by atoms with Gasteiger partial charge in [-0.15, -0.1) is 0 Å². The van der Waals surface area contributed by atoms with Crippen molar-refractivity contribution in [3.8, 4) is 0 Å². The van der Waals surface area contributed by atoms with Crippen molar-refractivity contribution in [1.29, 1.82) is 0 Å². The minimum Gasteiger partial charge on any atom is -0.445 e. The molecule has 0 bridgehead atoms. The highest BCUT2D eigenvalue weighted by Gasteiger charge is 2.19. The van der Waals surface area contributed by atoms with Gasteiger partial charge < -0.3 is 15.8 Å². The van der Waals surface area contributed by atoms with Crippen molar-refractivity contribution in [3.05, 3.63) is 29.9 Å². The molecule has 0 spiro atoms. The molecular formula is C13H19FN4O3. The van der Waals surface area contributed by atoms with Gasteiger partial charge in [0.1, 0.15) is 12.3 Å². The molecule has 0 saturated heterocycles. The van der Waals surface area contributed by atoms with Crippen LogP contribution in [0.15, 0.2) is 24.2 Å². The van der Waals surface area contributed by atoms with Gasteiger partial charge in [-0.05, 0) is 26.8 Å². The molecule has 0 aliphatic carbocycles. The van der Waals surface area contributed by atoms with Gasteiger partial charge in [0, 0.05) is 17.3 Å². The summed E-state index contributed by atoms with van der Waals surface area (Å²) in [5.41, 5.74) is 4.82. The maximum absolute atomic E-state index is 12.8. The molecule has 0 aliphatic rings. The molecule has 21 heavy (non-hydrogen) atoms. The van der Waals surface area contributed by atoms with Crippen LogP contribution >= 0.6 is 0 Å². The van der Waals surface area contributed by atoms with Gasteiger partial charge in [-0.2, -0.15) is 5.10 Å². The van der Waals surface area contributed by atoms with E-state index in [0.717, 1.165) is 0 Å². The number of nitrogens with zero attached hydrogens (tertiary/aromatic N) is 2. The van der Waals surface area contributed by atoms with Crippen LogP contribution < -0.4 is 11.1 Å². The number of carbonyl (C=O) groups excluding carboxylic acids is 2. The van der Waals surface area contributed by atoms with Crippen LogP contribution in [0.25, 0.3) is 0 Å². The zero-order valence-corrected chi connectivity index (χ0v) is 12.2. The summed E-state index contributed by atoms with van der Waals surface area (Å²) in [5.74, 6) is -0.325. The topological polar surface area (TPSA) is 99.2 Å². The number of nitrogens with one attached hydrogen (secondary N) is 1. The molecule has 8 heteroatoms. The monoisotopic (exact) mass is 298 g/mol. The van der Waals surface area contributed by atoms with E-state index in [0.29, 0.717) is 6.33 Å². The number of halogens is 1. The number of carbonyl (C=O) groups is 2. The molecule has 0 saturated carbocycles. The van der Waals surface area contributed by atoms with E-state index in [2.05, 4.69) is 15.2 Å². The maximum atomic E-state index is 12.8. The number of hydrogen-bond acceptors (Lipinski definition) is 4. The van der Waals surface area contributed by atoms with E-state index in [1.54, 1.807) is 0 Å². The standard InChI is InChI=1S/C13H19FN4O3/c1-13(2,3)17-11(19)10-4-5-16-18(10)7-9(6-14)8-21-12(15)20/h4-6H,7-8H2,1-3H3,(H2,15,20)(H,17,19). The Kier molecular flexibility index (Phi) is 5.45. The summed E-state index contributed by atoms with van der Waals surface area (Å²) in [7, 11) is 0. The van der Waals surface area contributed by atoms with Crippen LogP contribution in [0.3, 0.4) is 0 Å². The summed E-state index contributed by atoms with van der Waals surface area (Å²) in [6.45, 7) is 5.22. The van der Waals surface area contributed by atoms with Crippen molar-refractivity contribution in [2.24, 2.45) is 5.73 Å². The van der Waals surface area contributed by atoms with Crippen molar-refractivity contribution in [1.82, 2.24) is 15.1 Å². The normalized spacial score (nSPS) is 12.1. The van der Waals surface area contributed by atoms with Crippen LogP contribution in [-0.4, -0.2) is 33.9 Å². The van der Waals surface area contributed by atoms with Gasteiger partial charge in [0.05, 0.1) is 12.9 Å². The minimum atomic E-state index is -1.000. The molecule has 1 aromatic rings. The Labute approximate surface area is 121 Å². The van der Waals surface area contributed by atoms with Gasteiger partial charge in [-0.3, -0.25) is 9.48 Å². The number of amides is 2. The first kappa shape index (κ1) is 16.7. The lowest BCUT2D eigenvalue weighted by Gasteiger charge is -2.20. The van der Waals surface area contributed by atoms with E-state index in [-0.39, 0.29) is 30.3 Å². The summed E-state index contributed by atoms with van der Waals surface area (Å²) >= 11 is 0. The molecule has 7 nitrogen and oxygen atoms in total. The fourth-order valence-electron chi connectivity index (χ4n) is 1.52. The second-order valence-electron chi connectivity index (χ2n) is 5.45. The summed E-state index contributed by atoms with van der Waals surface area (Å²) in [6.07, 6.45) is 0.735. The zero-order valence-electron chi connectivity index (χ0n) is 12.2. The first-order chi connectivity index (χ1) is 9.73. The van der Waals surface area contributed by atoms with Gasteiger partial charge in [-0.25, -0.2) is 9.18 Å². The number of ether oxygens (including phenoxy) is 1. The van der Waals surface area contributed by atoms with Crippen LogP contribution in [0.4, 0.5) is 9.18 Å². The van der Waals surface area contributed by atoms with Crippen LogP contribution in [0.2, 0.25) is 0 Å². The molecule has 0 unspecified atom stereocenters. The Hall–Kier alpha value is -2.38.